The fourth-order valence-corrected chi connectivity index (χ4v) is 4.15. The van der Waals surface area contributed by atoms with E-state index in [1.807, 2.05) is 6.92 Å². The van der Waals surface area contributed by atoms with Crippen molar-refractivity contribution in [1.82, 2.24) is 15.7 Å². The number of aliphatic hydroxyl groups excluding tert-OH is 1. The molecule has 3 unspecified atom stereocenters. The molecule has 27 heavy (non-hydrogen) atoms. The molecule has 3 amide bonds. The molecule has 0 radical (unpaired) electrons. The Hall–Kier alpha value is -1.67. The Morgan fingerprint density at radius 3 is 2.44 bits per heavy atom. The van der Waals surface area contributed by atoms with Crippen LogP contribution in [0.5, 0.6) is 0 Å². The second-order valence-corrected chi connectivity index (χ2v) is 7.70. The van der Waals surface area contributed by atoms with Gasteiger partial charge < -0.3 is 15.3 Å². The fourth-order valence-electron chi connectivity index (χ4n) is 4.15. The van der Waals surface area contributed by atoms with Crippen LogP contribution in [0, 0.1) is 5.92 Å². The summed E-state index contributed by atoms with van der Waals surface area (Å²) in [4.78, 5) is 38.9. The van der Waals surface area contributed by atoms with Crippen LogP contribution in [-0.4, -0.2) is 57.7 Å². The number of hydrogen-bond acceptors (Lipinski definition) is 5. The third kappa shape index (κ3) is 5.65. The van der Waals surface area contributed by atoms with Crippen LogP contribution in [0.15, 0.2) is 0 Å². The Balaban J connectivity index is 2.05. The van der Waals surface area contributed by atoms with E-state index >= 15 is 0 Å². The molecule has 154 valence electrons. The third-order valence-electron chi connectivity index (χ3n) is 5.74. The van der Waals surface area contributed by atoms with Gasteiger partial charge in [0.05, 0.1) is 5.92 Å². The molecule has 0 aromatic heterocycles. The van der Waals surface area contributed by atoms with E-state index in [9.17, 15) is 19.5 Å². The van der Waals surface area contributed by atoms with E-state index in [-0.39, 0.29) is 17.9 Å². The lowest BCUT2D eigenvalue weighted by atomic mass is 9.93. The van der Waals surface area contributed by atoms with Gasteiger partial charge in [-0.3, -0.25) is 19.6 Å². The summed E-state index contributed by atoms with van der Waals surface area (Å²) < 4.78 is 0. The maximum Gasteiger partial charge on any atom is 0.272 e. The van der Waals surface area contributed by atoms with Crippen molar-refractivity contribution >= 4 is 17.7 Å². The number of aliphatic hydroxyl groups is 1. The number of hydrogen-bond donors (Lipinski definition) is 4. The number of unbranched alkanes of at least 4 members (excludes halogenated alkanes) is 1. The van der Waals surface area contributed by atoms with E-state index in [1.165, 1.54) is 16.8 Å². The van der Waals surface area contributed by atoms with Crippen molar-refractivity contribution < 1.29 is 24.7 Å². The van der Waals surface area contributed by atoms with Crippen LogP contribution in [0.3, 0.4) is 0 Å². The predicted octanol–water partition coefficient (Wildman–Crippen LogP) is 1.10. The van der Waals surface area contributed by atoms with E-state index in [0.29, 0.717) is 25.8 Å². The van der Waals surface area contributed by atoms with Gasteiger partial charge in [-0.25, -0.2) is 5.48 Å². The van der Waals surface area contributed by atoms with Gasteiger partial charge in [-0.1, -0.05) is 39.0 Å². The molecule has 1 aliphatic carbocycles. The van der Waals surface area contributed by atoms with Gasteiger partial charge >= 0.3 is 0 Å². The monoisotopic (exact) mass is 383 g/mol. The molecule has 4 N–H and O–H groups in total. The summed E-state index contributed by atoms with van der Waals surface area (Å²) >= 11 is 0. The van der Waals surface area contributed by atoms with Gasteiger partial charge in [-0.15, -0.1) is 0 Å². The zero-order valence-electron chi connectivity index (χ0n) is 16.2. The van der Waals surface area contributed by atoms with Gasteiger partial charge in [0.15, 0.2) is 0 Å². The molecule has 8 nitrogen and oxygen atoms in total. The highest BCUT2D eigenvalue weighted by atomic mass is 16.5. The molecular formula is C19H33N3O5. The van der Waals surface area contributed by atoms with Crippen molar-refractivity contribution in [2.75, 3.05) is 6.54 Å². The van der Waals surface area contributed by atoms with Gasteiger partial charge in [-0.05, 0) is 32.1 Å². The summed E-state index contributed by atoms with van der Waals surface area (Å²) in [7, 11) is 0. The quantitative estimate of drug-likeness (QED) is 0.370. The Kier molecular flexibility index (Phi) is 8.50. The highest BCUT2D eigenvalue weighted by Crippen LogP contribution is 2.25. The number of hydroxylamine groups is 1. The largest absolute Gasteiger partial charge is 0.382 e. The zero-order chi connectivity index (χ0) is 19.8. The molecule has 0 bridgehead atoms. The number of carbonyl (C=O) groups is 3. The van der Waals surface area contributed by atoms with Crippen LogP contribution in [0.2, 0.25) is 0 Å². The standard InChI is InChI=1S/C19H33N3O5/c1-2-3-10-14(16(23)18(25)21-27)19(26)22-12-7-11-15(22)17(24)20-13-8-5-4-6-9-13/h13-16,23,27H,2-12H2,1H3,(H,20,24)(H,21,25). The summed E-state index contributed by atoms with van der Waals surface area (Å²) in [6.45, 7) is 2.40. The molecule has 2 fully saturated rings. The van der Waals surface area contributed by atoms with Crippen LogP contribution in [0.1, 0.15) is 71.1 Å². The van der Waals surface area contributed by atoms with E-state index in [4.69, 9.17) is 5.21 Å². The third-order valence-corrected chi connectivity index (χ3v) is 5.74. The number of likely N-dealkylation sites (tertiary alicyclic amines) is 1. The Morgan fingerprint density at radius 2 is 1.81 bits per heavy atom. The van der Waals surface area contributed by atoms with Gasteiger partial charge in [0.2, 0.25) is 11.8 Å². The van der Waals surface area contributed by atoms with Crippen LogP contribution in [0.4, 0.5) is 0 Å². The average molecular weight is 383 g/mol. The van der Waals surface area contributed by atoms with Crippen molar-refractivity contribution in [3.05, 3.63) is 0 Å². The van der Waals surface area contributed by atoms with Crippen molar-refractivity contribution in [2.45, 2.75) is 89.3 Å². The van der Waals surface area contributed by atoms with Gasteiger partial charge in [0.25, 0.3) is 5.91 Å². The molecule has 0 aromatic carbocycles. The van der Waals surface area contributed by atoms with E-state index in [0.717, 1.165) is 38.5 Å². The molecule has 3 atom stereocenters. The molecule has 0 spiro atoms. The van der Waals surface area contributed by atoms with Crippen molar-refractivity contribution in [3.63, 3.8) is 0 Å². The van der Waals surface area contributed by atoms with Gasteiger partial charge in [0, 0.05) is 12.6 Å². The Labute approximate surface area is 160 Å². The number of nitrogens with one attached hydrogen (secondary N) is 2. The smallest absolute Gasteiger partial charge is 0.272 e. The van der Waals surface area contributed by atoms with Crippen molar-refractivity contribution in [2.24, 2.45) is 5.92 Å². The summed E-state index contributed by atoms with van der Waals surface area (Å²) in [5.41, 5.74) is 1.42. The van der Waals surface area contributed by atoms with E-state index < -0.39 is 24.0 Å². The highest BCUT2D eigenvalue weighted by Gasteiger charge is 2.41. The maximum absolute atomic E-state index is 13.0. The number of nitrogens with zero attached hydrogens (tertiary/aromatic N) is 1. The van der Waals surface area contributed by atoms with Crippen LogP contribution >= 0.6 is 0 Å². The van der Waals surface area contributed by atoms with Crippen molar-refractivity contribution in [3.8, 4) is 0 Å². The predicted molar refractivity (Wildman–Crippen MR) is 98.7 cm³/mol. The maximum atomic E-state index is 13.0. The summed E-state index contributed by atoms with van der Waals surface area (Å²) in [5, 5.41) is 22.1. The Morgan fingerprint density at radius 1 is 1.11 bits per heavy atom. The van der Waals surface area contributed by atoms with Gasteiger partial charge in [-0.2, -0.15) is 0 Å². The molecule has 1 heterocycles. The summed E-state index contributed by atoms with van der Waals surface area (Å²) in [6.07, 6.45) is 6.85. The molecule has 1 saturated carbocycles. The first-order chi connectivity index (χ1) is 13.0. The van der Waals surface area contributed by atoms with E-state index in [2.05, 4.69) is 5.32 Å². The molecule has 2 aliphatic rings. The summed E-state index contributed by atoms with van der Waals surface area (Å²) in [5.74, 6) is -2.48. The lowest BCUT2D eigenvalue weighted by Gasteiger charge is -2.31. The van der Waals surface area contributed by atoms with Crippen LogP contribution in [-0.2, 0) is 14.4 Å². The van der Waals surface area contributed by atoms with E-state index in [1.54, 1.807) is 0 Å². The topological polar surface area (TPSA) is 119 Å². The Bertz CT molecular complexity index is 521. The molecule has 8 heteroatoms. The molecule has 2 rings (SSSR count). The minimum absolute atomic E-state index is 0.136. The summed E-state index contributed by atoms with van der Waals surface area (Å²) in [6, 6.07) is -0.376. The molecule has 1 aliphatic heterocycles. The first-order valence-electron chi connectivity index (χ1n) is 10.2. The number of amides is 3. The second kappa shape index (κ2) is 10.6. The van der Waals surface area contributed by atoms with Gasteiger partial charge in [0.1, 0.15) is 12.1 Å². The number of rotatable bonds is 8. The molecule has 1 saturated heterocycles. The van der Waals surface area contributed by atoms with Crippen LogP contribution in [0.25, 0.3) is 0 Å². The first kappa shape index (κ1) is 21.6. The lowest BCUT2D eigenvalue weighted by Crippen LogP contribution is -2.53. The van der Waals surface area contributed by atoms with Crippen molar-refractivity contribution in [1.29, 1.82) is 0 Å². The molecular weight excluding hydrogens is 350 g/mol. The minimum atomic E-state index is -1.63. The first-order valence-corrected chi connectivity index (χ1v) is 10.2. The highest BCUT2D eigenvalue weighted by molar-refractivity contribution is 5.92. The normalized spacial score (nSPS) is 22.9. The lowest BCUT2D eigenvalue weighted by molar-refractivity contribution is -0.152. The average Bonchev–Trinajstić information content (AvgIpc) is 3.18. The SMILES string of the molecule is CCCCC(C(=O)N1CCCC1C(=O)NC1CCCCC1)C(O)C(=O)NO. The van der Waals surface area contributed by atoms with Crippen LogP contribution < -0.4 is 10.8 Å². The fraction of sp³-hybridized carbons (Fsp3) is 0.842. The second-order valence-electron chi connectivity index (χ2n) is 7.70. The number of carbonyl (C=O) groups excluding carboxylic acids is 3. The molecule has 0 aromatic rings. The zero-order valence-corrected chi connectivity index (χ0v) is 16.2. The minimum Gasteiger partial charge on any atom is -0.382 e.